The molecule has 0 aliphatic heterocycles. The third kappa shape index (κ3) is 0.860. The van der Waals surface area contributed by atoms with Crippen LogP contribution in [0.2, 0.25) is 0 Å². The Morgan fingerprint density at radius 1 is 0.500 bits per heavy atom. The summed E-state index contributed by atoms with van der Waals surface area (Å²) in [5.74, 6) is 1.34. The van der Waals surface area contributed by atoms with Crippen LogP contribution in [0.25, 0.3) is 0 Å². The number of allylic oxidation sites excluding steroid dienone is 8. The van der Waals surface area contributed by atoms with E-state index in [9.17, 15) is 0 Å². The van der Waals surface area contributed by atoms with E-state index in [1.807, 2.05) is 0 Å². The van der Waals surface area contributed by atoms with E-state index in [-0.39, 0.29) is 0 Å². The molecule has 2 rings (SSSR count). The van der Waals surface area contributed by atoms with Crippen molar-refractivity contribution in [1.82, 2.24) is 0 Å². The zero-order chi connectivity index (χ0) is 6.81. The van der Waals surface area contributed by atoms with E-state index in [0.717, 1.165) is 0 Å². The van der Waals surface area contributed by atoms with E-state index in [1.165, 1.54) is 0 Å². The molecule has 0 spiro atoms. The molecule has 50 valence electrons. The fourth-order valence-corrected chi connectivity index (χ4v) is 1.27. The van der Waals surface area contributed by atoms with E-state index in [4.69, 9.17) is 0 Å². The maximum Gasteiger partial charge on any atom is 0.00476 e. The number of rotatable bonds is 0. The molecule has 0 radical (unpaired) electrons. The van der Waals surface area contributed by atoms with Gasteiger partial charge in [-0.15, -0.1) is 0 Å². The fraction of sp³-hybridized carbons (Fsp3) is 0.200. The lowest BCUT2D eigenvalue weighted by molar-refractivity contribution is 0.609. The van der Waals surface area contributed by atoms with Crippen LogP contribution in [0.4, 0.5) is 0 Å². The zero-order valence-corrected chi connectivity index (χ0v) is 5.77. The van der Waals surface area contributed by atoms with Crippen LogP contribution in [0.5, 0.6) is 0 Å². The van der Waals surface area contributed by atoms with Crippen LogP contribution < -0.4 is 0 Å². The second-order valence-corrected chi connectivity index (χ2v) is 2.69. The highest BCUT2D eigenvalue weighted by Gasteiger charge is 2.17. The van der Waals surface area contributed by atoms with Crippen LogP contribution in [-0.4, -0.2) is 0 Å². The van der Waals surface area contributed by atoms with Crippen molar-refractivity contribution in [2.75, 3.05) is 0 Å². The molecule has 0 aromatic carbocycles. The molecule has 0 bridgehead atoms. The maximum atomic E-state index is 2.24. The molecule has 10 heavy (non-hydrogen) atoms. The van der Waals surface area contributed by atoms with Gasteiger partial charge in [0.15, 0.2) is 0 Å². The average Bonchev–Trinajstić information content (AvgIpc) is 1.89. The van der Waals surface area contributed by atoms with Gasteiger partial charge in [0, 0.05) is 11.8 Å². The molecular weight excluding hydrogens is 120 g/mol. The van der Waals surface area contributed by atoms with Crippen molar-refractivity contribution in [1.29, 1.82) is 0 Å². The Labute approximate surface area is 61.3 Å². The van der Waals surface area contributed by atoms with Gasteiger partial charge in [-0.3, -0.25) is 0 Å². The van der Waals surface area contributed by atoms with Gasteiger partial charge < -0.3 is 0 Å². The van der Waals surface area contributed by atoms with Crippen molar-refractivity contribution in [3.8, 4) is 0 Å². The standard InChI is InChI=1S/C10H10/c1-2-4-6-10-8-7-9(10)5-3-1/h1-10H/b2-1-,5-3-,6-4-. The first-order chi connectivity index (χ1) is 4.97. The lowest BCUT2D eigenvalue weighted by atomic mass is 9.81. The molecule has 2 unspecified atom stereocenters. The molecule has 2 aliphatic rings. The van der Waals surface area contributed by atoms with Crippen molar-refractivity contribution in [2.24, 2.45) is 11.8 Å². The normalized spacial score (nSPS) is 44.0. The van der Waals surface area contributed by atoms with E-state index in [1.54, 1.807) is 0 Å². The SMILES string of the molecule is C1=CC2\C=C/C=C\C=C/C12. The van der Waals surface area contributed by atoms with Gasteiger partial charge in [0.25, 0.3) is 0 Å². The summed E-state index contributed by atoms with van der Waals surface area (Å²) < 4.78 is 0. The molecule has 0 saturated heterocycles. The second kappa shape index (κ2) is 2.30. The van der Waals surface area contributed by atoms with E-state index >= 15 is 0 Å². The van der Waals surface area contributed by atoms with Gasteiger partial charge in [-0.05, 0) is 0 Å². The molecule has 0 aromatic rings. The third-order valence-electron chi connectivity index (χ3n) is 2.00. The Balaban J connectivity index is 2.24. The van der Waals surface area contributed by atoms with Crippen LogP contribution in [0, 0.1) is 11.8 Å². The van der Waals surface area contributed by atoms with E-state index in [0.29, 0.717) is 11.8 Å². The lowest BCUT2D eigenvalue weighted by Crippen LogP contribution is -2.13. The van der Waals surface area contributed by atoms with Crippen LogP contribution in [0.3, 0.4) is 0 Å². The summed E-state index contributed by atoms with van der Waals surface area (Å²) in [6.07, 6.45) is 17.3. The third-order valence-corrected chi connectivity index (χ3v) is 2.00. The summed E-state index contributed by atoms with van der Waals surface area (Å²) in [4.78, 5) is 0. The van der Waals surface area contributed by atoms with Gasteiger partial charge in [-0.25, -0.2) is 0 Å². The first-order valence-corrected chi connectivity index (χ1v) is 3.67. The monoisotopic (exact) mass is 130 g/mol. The van der Waals surface area contributed by atoms with Crippen molar-refractivity contribution in [2.45, 2.75) is 0 Å². The molecule has 0 nitrogen and oxygen atoms in total. The lowest BCUT2D eigenvalue weighted by Gasteiger charge is -2.23. The smallest absolute Gasteiger partial charge is 0.00476 e. The minimum atomic E-state index is 0.668. The Kier molecular flexibility index (Phi) is 1.31. The zero-order valence-electron chi connectivity index (χ0n) is 5.77. The summed E-state index contributed by atoms with van der Waals surface area (Å²) in [7, 11) is 0. The van der Waals surface area contributed by atoms with Gasteiger partial charge in [0.05, 0.1) is 0 Å². The Hall–Kier alpha value is -1.04. The van der Waals surface area contributed by atoms with Gasteiger partial charge >= 0.3 is 0 Å². The Morgan fingerprint density at radius 2 is 1.00 bits per heavy atom. The molecule has 2 atom stereocenters. The minimum Gasteiger partial charge on any atom is -0.0801 e. The Morgan fingerprint density at radius 3 is 1.40 bits per heavy atom. The molecule has 0 saturated carbocycles. The van der Waals surface area contributed by atoms with Gasteiger partial charge in [0.1, 0.15) is 0 Å². The first kappa shape index (κ1) is 5.72. The summed E-state index contributed by atoms with van der Waals surface area (Å²) >= 11 is 0. The molecule has 0 N–H and O–H groups in total. The predicted octanol–water partition coefficient (Wildman–Crippen LogP) is 2.47. The fourth-order valence-electron chi connectivity index (χ4n) is 1.27. The molecule has 0 fully saturated rings. The largest absolute Gasteiger partial charge is 0.0801 e. The highest BCUT2D eigenvalue weighted by atomic mass is 14.2. The van der Waals surface area contributed by atoms with Crippen molar-refractivity contribution in [3.63, 3.8) is 0 Å². The molecule has 2 aliphatic carbocycles. The van der Waals surface area contributed by atoms with Gasteiger partial charge in [-0.2, -0.15) is 0 Å². The van der Waals surface area contributed by atoms with Crippen LogP contribution in [0.1, 0.15) is 0 Å². The van der Waals surface area contributed by atoms with Crippen molar-refractivity contribution in [3.05, 3.63) is 48.6 Å². The first-order valence-electron chi connectivity index (χ1n) is 3.67. The summed E-state index contributed by atoms with van der Waals surface area (Å²) in [6, 6.07) is 0. The van der Waals surface area contributed by atoms with E-state index in [2.05, 4.69) is 48.6 Å². The number of hydrogen-bond donors (Lipinski definition) is 0. The van der Waals surface area contributed by atoms with Crippen molar-refractivity contribution < 1.29 is 0 Å². The molecule has 0 amide bonds. The minimum absolute atomic E-state index is 0.668. The number of fused-ring (bicyclic) bond motifs is 1. The van der Waals surface area contributed by atoms with E-state index < -0.39 is 0 Å². The molecule has 0 heteroatoms. The van der Waals surface area contributed by atoms with Gasteiger partial charge in [0.2, 0.25) is 0 Å². The topological polar surface area (TPSA) is 0 Å². The Bertz CT molecular complexity index is 204. The molecule has 0 heterocycles. The van der Waals surface area contributed by atoms with Crippen LogP contribution in [-0.2, 0) is 0 Å². The summed E-state index contributed by atoms with van der Waals surface area (Å²) in [5, 5.41) is 0. The highest BCUT2D eigenvalue weighted by Crippen LogP contribution is 2.28. The van der Waals surface area contributed by atoms with Crippen LogP contribution >= 0.6 is 0 Å². The van der Waals surface area contributed by atoms with Gasteiger partial charge in [-0.1, -0.05) is 48.6 Å². The summed E-state index contributed by atoms with van der Waals surface area (Å²) in [6.45, 7) is 0. The second-order valence-electron chi connectivity index (χ2n) is 2.69. The quantitative estimate of drug-likeness (QED) is 0.442. The number of hydrogen-bond acceptors (Lipinski definition) is 0. The van der Waals surface area contributed by atoms with Crippen LogP contribution in [0.15, 0.2) is 48.6 Å². The predicted molar refractivity (Wildman–Crippen MR) is 43.5 cm³/mol. The molecular formula is C10H10. The molecule has 0 aromatic heterocycles. The van der Waals surface area contributed by atoms with Crippen molar-refractivity contribution >= 4 is 0 Å². The maximum absolute atomic E-state index is 2.24. The highest BCUT2D eigenvalue weighted by molar-refractivity contribution is 5.28. The average molecular weight is 130 g/mol. The summed E-state index contributed by atoms with van der Waals surface area (Å²) in [5.41, 5.74) is 0.